The van der Waals surface area contributed by atoms with Crippen molar-refractivity contribution in [1.82, 2.24) is 0 Å². The molecule has 0 spiro atoms. The fourth-order valence-electron chi connectivity index (χ4n) is 3.60. The van der Waals surface area contributed by atoms with Crippen LogP contribution in [0.25, 0.3) is 10.8 Å². The van der Waals surface area contributed by atoms with E-state index < -0.39 is 35.0 Å². The van der Waals surface area contributed by atoms with Gasteiger partial charge in [0.05, 0.1) is 11.3 Å². The molecule has 0 N–H and O–H groups in total. The first-order chi connectivity index (χ1) is 12.9. The van der Waals surface area contributed by atoms with Crippen molar-refractivity contribution in [1.29, 1.82) is 0 Å². The zero-order valence-electron chi connectivity index (χ0n) is 14.6. The Bertz CT molecular complexity index is 948. The van der Waals surface area contributed by atoms with E-state index in [0.29, 0.717) is 25.5 Å². The summed E-state index contributed by atoms with van der Waals surface area (Å²) in [6, 6.07) is 5.63. The summed E-state index contributed by atoms with van der Waals surface area (Å²) >= 11 is 0. The highest BCUT2D eigenvalue weighted by Crippen LogP contribution is 2.41. The largest absolute Gasteiger partial charge is 0.454 e. The van der Waals surface area contributed by atoms with Crippen LogP contribution in [-0.2, 0) is 0 Å². The van der Waals surface area contributed by atoms with Crippen LogP contribution in [0.2, 0.25) is 0 Å². The van der Waals surface area contributed by atoms with Crippen LogP contribution in [0.3, 0.4) is 0 Å². The maximum absolute atomic E-state index is 13.2. The summed E-state index contributed by atoms with van der Waals surface area (Å²) in [7, 11) is 0. The smallest absolute Gasteiger partial charge is 0.368 e. The van der Waals surface area contributed by atoms with Gasteiger partial charge in [0, 0.05) is 23.5 Å². The lowest BCUT2D eigenvalue weighted by Crippen LogP contribution is -2.32. The molecule has 1 heterocycles. The molecule has 0 aromatic heterocycles. The fourth-order valence-corrected chi connectivity index (χ4v) is 3.60. The van der Waals surface area contributed by atoms with Crippen LogP contribution in [0.1, 0.15) is 40.5 Å². The van der Waals surface area contributed by atoms with Gasteiger partial charge in [-0.2, -0.15) is 26.3 Å². The highest BCUT2D eigenvalue weighted by atomic mass is 19.4. The SMILES string of the molecule is CC1CCCN1c1c(C(=O)C(F)(F)F)cc(C(=O)C(F)(F)F)c2ccccc12. The van der Waals surface area contributed by atoms with Gasteiger partial charge >= 0.3 is 12.4 Å². The van der Waals surface area contributed by atoms with Gasteiger partial charge in [-0.1, -0.05) is 24.3 Å². The number of halogens is 6. The van der Waals surface area contributed by atoms with Crippen LogP contribution in [-0.4, -0.2) is 36.5 Å². The molecule has 28 heavy (non-hydrogen) atoms. The Morgan fingerprint density at radius 1 is 0.929 bits per heavy atom. The average Bonchev–Trinajstić information content (AvgIpc) is 3.03. The van der Waals surface area contributed by atoms with E-state index in [1.165, 1.54) is 24.3 Å². The Morgan fingerprint density at radius 3 is 1.96 bits per heavy atom. The van der Waals surface area contributed by atoms with Gasteiger partial charge in [0.1, 0.15) is 0 Å². The molecule has 0 saturated carbocycles. The minimum absolute atomic E-state index is 0.0129. The number of carbonyl (C=O) groups is 2. The van der Waals surface area contributed by atoms with Crippen molar-refractivity contribution >= 4 is 28.0 Å². The number of ketones is 2. The molecule has 0 amide bonds. The minimum Gasteiger partial charge on any atom is -0.368 e. The van der Waals surface area contributed by atoms with E-state index in [0.717, 1.165) is 0 Å². The average molecular weight is 403 g/mol. The van der Waals surface area contributed by atoms with Gasteiger partial charge in [-0.05, 0) is 31.2 Å². The van der Waals surface area contributed by atoms with Gasteiger partial charge in [0.15, 0.2) is 0 Å². The van der Waals surface area contributed by atoms with Gasteiger partial charge in [-0.3, -0.25) is 9.59 Å². The topological polar surface area (TPSA) is 37.4 Å². The van der Waals surface area contributed by atoms with Gasteiger partial charge in [-0.15, -0.1) is 0 Å². The van der Waals surface area contributed by atoms with E-state index in [1.54, 1.807) is 11.8 Å². The van der Waals surface area contributed by atoms with Gasteiger partial charge in [0.2, 0.25) is 0 Å². The number of hydrogen-bond donors (Lipinski definition) is 0. The summed E-state index contributed by atoms with van der Waals surface area (Å²) in [5.74, 6) is -4.57. The third kappa shape index (κ3) is 3.45. The molecule has 1 saturated heterocycles. The van der Waals surface area contributed by atoms with E-state index in [4.69, 9.17) is 0 Å². The maximum atomic E-state index is 13.2. The monoisotopic (exact) mass is 403 g/mol. The van der Waals surface area contributed by atoms with Crippen molar-refractivity contribution in [2.24, 2.45) is 0 Å². The number of hydrogen-bond acceptors (Lipinski definition) is 3. The third-order valence-corrected chi connectivity index (χ3v) is 4.86. The van der Waals surface area contributed by atoms with Crippen LogP contribution in [0.15, 0.2) is 30.3 Å². The lowest BCUT2D eigenvalue weighted by Gasteiger charge is -2.29. The van der Waals surface area contributed by atoms with Gasteiger partial charge < -0.3 is 4.90 Å². The molecule has 150 valence electrons. The first-order valence-corrected chi connectivity index (χ1v) is 8.48. The van der Waals surface area contributed by atoms with Crippen LogP contribution < -0.4 is 4.90 Å². The molecule has 0 bridgehead atoms. The van der Waals surface area contributed by atoms with Crippen molar-refractivity contribution < 1.29 is 35.9 Å². The third-order valence-electron chi connectivity index (χ3n) is 4.86. The number of Topliss-reactive ketones (excluding diaryl/α,β-unsaturated/α-hetero) is 2. The van der Waals surface area contributed by atoms with E-state index in [2.05, 4.69) is 0 Å². The van der Waals surface area contributed by atoms with Crippen molar-refractivity contribution in [2.45, 2.75) is 38.2 Å². The predicted octanol–water partition coefficient (Wildman–Crippen LogP) is 5.32. The second kappa shape index (κ2) is 6.79. The fraction of sp³-hybridized carbons (Fsp3) is 0.368. The van der Waals surface area contributed by atoms with E-state index in [1.807, 2.05) is 0 Å². The van der Waals surface area contributed by atoms with Crippen molar-refractivity contribution in [3.05, 3.63) is 41.5 Å². The molecule has 1 atom stereocenters. The van der Waals surface area contributed by atoms with Crippen molar-refractivity contribution in [2.75, 3.05) is 11.4 Å². The van der Waals surface area contributed by atoms with Gasteiger partial charge in [-0.25, -0.2) is 0 Å². The van der Waals surface area contributed by atoms with Crippen molar-refractivity contribution in [3.63, 3.8) is 0 Å². The normalized spacial score (nSPS) is 18.0. The Balaban J connectivity index is 2.40. The first kappa shape index (κ1) is 20.2. The Hall–Kier alpha value is -2.58. The second-order valence-electron chi connectivity index (χ2n) is 6.70. The summed E-state index contributed by atoms with van der Waals surface area (Å²) in [6.45, 7) is 2.12. The minimum atomic E-state index is -5.29. The number of anilines is 1. The molecule has 1 aliphatic heterocycles. The molecule has 1 unspecified atom stereocenters. The summed E-state index contributed by atoms with van der Waals surface area (Å²) < 4.78 is 78.6. The van der Waals surface area contributed by atoms with Gasteiger partial charge in [0.25, 0.3) is 11.6 Å². The number of rotatable bonds is 3. The lowest BCUT2D eigenvalue weighted by atomic mass is 9.93. The molecule has 3 rings (SSSR count). The summed E-state index contributed by atoms with van der Waals surface area (Å²) in [5, 5.41) is -0.128. The zero-order chi connectivity index (χ0) is 20.9. The Kier molecular flexibility index (Phi) is 4.89. The molecule has 2 aromatic rings. The molecule has 0 aliphatic carbocycles. The molecule has 9 heteroatoms. The molecule has 1 aliphatic rings. The van der Waals surface area contributed by atoms with Crippen LogP contribution in [0.5, 0.6) is 0 Å². The number of carbonyl (C=O) groups excluding carboxylic acids is 2. The van der Waals surface area contributed by atoms with Crippen LogP contribution in [0, 0.1) is 0 Å². The summed E-state index contributed by atoms with van der Waals surface area (Å²) in [6.07, 6.45) is -9.25. The molecular weight excluding hydrogens is 388 g/mol. The quantitative estimate of drug-likeness (QED) is 0.514. The Morgan fingerprint density at radius 2 is 1.46 bits per heavy atom. The number of alkyl halides is 6. The highest BCUT2D eigenvalue weighted by Gasteiger charge is 2.45. The first-order valence-electron chi connectivity index (χ1n) is 8.48. The lowest BCUT2D eigenvalue weighted by molar-refractivity contribution is -0.0886. The summed E-state index contributed by atoms with van der Waals surface area (Å²) in [5.41, 5.74) is -1.99. The molecule has 0 radical (unpaired) electrons. The molecule has 3 nitrogen and oxygen atoms in total. The van der Waals surface area contributed by atoms with E-state index in [-0.39, 0.29) is 22.5 Å². The molecule has 1 fully saturated rings. The van der Waals surface area contributed by atoms with Crippen LogP contribution in [0.4, 0.5) is 32.0 Å². The Labute approximate surface area is 155 Å². The second-order valence-corrected chi connectivity index (χ2v) is 6.70. The summed E-state index contributed by atoms with van der Waals surface area (Å²) in [4.78, 5) is 25.5. The van der Waals surface area contributed by atoms with Crippen molar-refractivity contribution in [3.8, 4) is 0 Å². The van der Waals surface area contributed by atoms with Crippen LogP contribution >= 0.6 is 0 Å². The zero-order valence-corrected chi connectivity index (χ0v) is 14.6. The number of nitrogens with zero attached hydrogens (tertiary/aromatic N) is 1. The molecule has 2 aromatic carbocycles. The maximum Gasteiger partial charge on any atom is 0.454 e. The highest BCUT2D eigenvalue weighted by molar-refractivity contribution is 6.19. The predicted molar refractivity (Wildman–Crippen MR) is 90.8 cm³/mol. The standard InChI is InChI=1S/C19H15F6NO2/c1-10-5-4-8-26(10)15-12-7-3-2-6-11(12)13(16(27)18(20,21)22)9-14(15)17(28)19(23,24)25/h2-3,6-7,9-10H,4-5,8H2,1H3. The number of fused-ring (bicyclic) bond motifs is 1. The van der Waals surface area contributed by atoms with E-state index in [9.17, 15) is 35.9 Å². The van der Waals surface area contributed by atoms with E-state index >= 15 is 0 Å². The molecular formula is C19H15F6NO2. The number of benzene rings is 2.